The predicted octanol–water partition coefficient (Wildman–Crippen LogP) is 13.0. The maximum atomic E-state index is 3.55. The molecular weight excluding hydrogens is 560 g/mol. The minimum Gasteiger partial charge on any atom is -0.152 e. The van der Waals surface area contributed by atoms with Gasteiger partial charge in [0.15, 0.2) is 0 Å². The molecule has 0 radical (unpaired) electrons. The van der Waals surface area contributed by atoms with Gasteiger partial charge in [0.25, 0.3) is 0 Å². The van der Waals surface area contributed by atoms with Crippen LogP contribution in [0, 0.1) is 13.8 Å². The van der Waals surface area contributed by atoms with Gasteiger partial charge in [-0.2, -0.15) is 11.3 Å². The molecule has 0 bridgehead atoms. The van der Waals surface area contributed by atoms with Crippen molar-refractivity contribution in [2.45, 2.75) is 131 Å². The van der Waals surface area contributed by atoms with Gasteiger partial charge in [-0.25, -0.2) is 0 Å². The molecule has 0 spiro atoms. The number of hydrogen-bond acceptors (Lipinski definition) is 3. The lowest BCUT2D eigenvalue weighted by Crippen LogP contribution is -1.84. The van der Waals surface area contributed by atoms with E-state index in [1.807, 2.05) is 11.3 Å². The zero-order chi connectivity index (χ0) is 26.4. The van der Waals surface area contributed by atoms with Crippen molar-refractivity contribution in [3.63, 3.8) is 0 Å². The third-order valence-electron chi connectivity index (χ3n) is 6.34. The summed E-state index contributed by atoms with van der Waals surface area (Å²) in [5, 5.41) is 6.57. The normalized spacial score (nSPS) is 10.5. The van der Waals surface area contributed by atoms with E-state index >= 15 is 0 Å². The number of unbranched alkanes of at least 4 members (excludes halogenated alkanes) is 9. The van der Waals surface area contributed by atoms with E-state index in [2.05, 4.69) is 84.9 Å². The molecule has 4 heteroatoms. The lowest BCUT2D eigenvalue weighted by molar-refractivity contribution is 0.666. The van der Waals surface area contributed by atoms with Crippen LogP contribution in [0.3, 0.4) is 0 Å². The molecule has 3 aromatic heterocycles. The molecule has 0 aliphatic carbocycles. The zero-order valence-corrected chi connectivity index (χ0v) is 27.7. The van der Waals surface area contributed by atoms with Gasteiger partial charge >= 0.3 is 0 Å². The molecule has 0 aliphatic rings. The van der Waals surface area contributed by atoms with E-state index in [0.717, 1.165) is 0 Å². The Bertz CT molecular complexity index is 860. The third kappa shape index (κ3) is 16.4. The third-order valence-corrected chi connectivity index (χ3v) is 9.89. The Morgan fingerprint density at radius 2 is 1.25 bits per heavy atom. The first-order valence-corrected chi connectivity index (χ1v) is 17.7. The smallest absolute Gasteiger partial charge is 0.0730 e. The topological polar surface area (TPSA) is 0 Å². The van der Waals surface area contributed by atoms with Crippen molar-refractivity contribution >= 4 is 49.9 Å². The highest BCUT2D eigenvalue weighted by atomic mass is 79.9. The highest BCUT2D eigenvalue weighted by Gasteiger charge is 2.02. The SMILES string of the molecule is CCCCCCc1cc(C)sc1C.CCCCCCc1ccsc1.CCCCCCc1ccsc1Br. The molecule has 0 amide bonds. The van der Waals surface area contributed by atoms with Crippen molar-refractivity contribution in [1.29, 1.82) is 0 Å². The van der Waals surface area contributed by atoms with Crippen molar-refractivity contribution < 1.29 is 0 Å². The molecule has 0 fully saturated rings. The summed E-state index contributed by atoms with van der Waals surface area (Å²) in [6, 6.07) is 6.81. The number of halogens is 1. The predicted molar refractivity (Wildman–Crippen MR) is 174 cm³/mol. The van der Waals surface area contributed by atoms with Crippen molar-refractivity contribution in [3.8, 4) is 0 Å². The molecule has 3 rings (SSSR count). The van der Waals surface area contributed by atoms with Gasteiger partial charge in [-0.3, -0.25) is 0 Å². The second-order valence-electron chi connectivity index (χ2n) is 9.72. The van der Waals surface area contributed by atoms with Gasteiger partial charge in [-0.15, -0.1) is 22.7 Å². The van der Waals surface area contributed by atoms with E-state index in [0.29, 0.717) is 0 Å². The van der Waals surface area contributed by atoms with E-state index in [1.165, 1.54) is 121 Å². The average molecular weight is 612 g/mol. The van der Waals surface area contributed by atoms with E-state index in [4.69, 9.17) is 0 Å². The Balaban J connectivity index is 0.000000271. The summed E-state index contributed by atoms with van der Waals surface area (Å²) in [6.45, 7) is 11.2. The lowest BCUT2D eigenvalue weighted by Gasteiger charge is -1.98. The van der Waals surface area contributed by atoms with Gasteiger partial charge in [0.05, 0.1) is 3.79 Å². The molecule has 0 saturated carbocycles. The van der Waals surface area contributed by atoms with Crippen molar-refractivity contribution in [1.82, 2.24) is 0 Å². The molecule has 0 saturated heterocycles. The van der Waals surface area contributed by atoms with Gasteiger partial charge < -0.3 is 0 Å². The van der Waals surface area contributed by atoms with Crippen LogP contribution < -0.4 is 0 Å². The second kappa shape index (κ2) is 22.6. The number of rotatable bonds is 15. The lowest BCUT2D eigenvalue weighted by atomic mass is 10.1. The molecule has 3 heterocycles. The number of aryl methyl sites for hydroxylation is 5. The van der Waals surface area contributed by atoms with Crippen molar-refractivity contribution in [3.05, 3.63) is 64.6 Å². The fraction of sp³-hybridized carbons (Fsp3) is 0.625. The van der Waals surface area contributed by atoms with Gasteiger partial charge in [0.1, 0.15) is 0 Å². The monoisotopic (exact) mass is 610 g/mol. The van der Waals surface area contributed by atoms with Crippen LogP contribution in [0.2, 0.25) is 0 Å². The Labute approximate surface area is 244 Å². The van der Waals surface area contributed by atoms with Crippen LogP contribution in [0.1, 0.15) is 124 Å². The standard InChI is InChI=1S/C12H20S.C10H15BrS.C10H16S/c1-4-5-6-7-8-12-9-10(2)13-11(12)3;1-2-3-4-5-6-9-7-8-12-10(9)11;1-2-3-4-5-6-10-7-8-11-9-10/h9H,4-8H2,1-3H3;7-8H,2-6H2,1H3;7-9H,2-6H2,1H3. The molecule has 0 atom stereocenters. The zero-order valence-electron chi connectivity index (χ0n) is 23.7. The Morgan fingerprint density at radius 3 is 1.69 bits per heavy atom. The van der Waals surface area contributed by atoms with Gasteiger partial charge in [0, 0.05) is 9.75 Å². The molecular formula is C32H51BrS3. The summed E-state index contributed by atoms with van der Waals surface area (Å²) in [5.41, 5.74) is 4.58. The van der Waals surface area contributed by atoms with Crippen molar-refractivity contribution in [2.75, 3.05) is 0 Å². The summed E-state index contributed by atoms with van der Waals surface area (Å²) in [4.78, 5) is 2.98. The molecule has 0 nitrogen and oxygen atoms in total. The molecule has 3 aromatic rings. The maximum Gasteiger partial charge on any atom is 0.0730 e. The largest absolute Gasteiger partial charge is 0.152 e. The first-order chi connectivity index (χ1) is 17.5. The van der Waals surface area contributed by atoms with Crippen LogP contribution in [0.25, 0.3) is 0 Å². The second-order valence-corrected chi connectivity index (χ2v) is 14.2. The molecule has 0 aromatic carbocycles. The first-order valence-electron chi connectivity index (χ1n) is 14.3. The quantitative estimate of drug-likeness (QED) is 0.150. The average Bonchev–Trinajstić information content (AvgIpc) is 3.61. The highest BCUT2D eigenvalue weighted by Crippen LogP contribution is 2.25. The Kier molecular flexibility index (Phi) is 21.1. The van der Waals surface area contributed by atoms with E-state index < -0.39 is 0 Å². The number of hydrogen-bond donors (Lipinski definition) is 0. The molecule has 0 unspecified atom stereocenters. The summed E-state index contributed by atoms with van der Waals surface area (Å²) >= 11 is 9.08. The first kappa shape index (κ1) is 33.6. The van der Waals surface area contributed by atoms with E-state index in [1.54, 1.807) is 28.2 Å². The van der Waals surface area contributed by atoms with Crippen LogP contribution in [-0.2, 0) is 19.3 Å². The Morgan fingerprint density at radius 1 is 0.667 bits per heavy atom. The van der Waals surface area contributed by atoms with Crippen molar-refractivity contribution in [2.24, 2.45) is 0 Å². The molecule has 0 aliphatic heterocycles. The van der Waals surface area contributed by atoms with Crippen LogP contribution in [0.5, 0.6) is 0 Å². The van der Waals surface area contributed by atoms with Gasteiger partial charge in [-0.05, 0) is 119 Å². The van der Waals surface area contributed by atoms with Crippen LogP contribution in [-0.4, -0.2) is 0 Å². The number of thiophene rings is 3. The minimum atomic E-state index is 1.24. The fourth-order valence-corrected chi connectivity index (χ4v) is 7.11. The van der Waals surface area contributed by atoms with E-state index in [-0.39, 0.29) is 0 Å². The maximum absolute atomic E-state index is 3.55. The highest BCUT2D eigenvalue weighted by molar-refractivity contribution is 9.11. The Hall–Kier alpha value is -0.420. The van der Waals surface area contributed by atoms with Gasteiger partial charge in [0.2, 0.25) is 0 Å². The summed E-state index contributed by atoms with van der Waals surface area (Å²) in [6.07, 6.45) is 20.2. The van der Waals surface area contributed by atoms with E-state index in [9.17, 15) is 0 Å². The van der Waals surface area contributed by atoms with Crippen LogP contribution in [0.15, 0.2) is 38.1 Å². The molecule has 36 heavy (non-hydrogen) atoms. The minimum absolute atomic E-state index is 1.24. The fourth-order valence-electron chi connectivity index (χ4n) is 4.11. The summed E-state index contributed by atoms with van der Waals surface area (Å²) in [7, 11) is 0. The molecule has 204 valence electrons. The van der Waals surface area contributed by atoms with Crippen LogP contribution in [0.4, 0.5) is 0 Å². The summed E-state index contributed by atoms with van der Waals surface area (Å²) in [5.74, 6) is 0. The van der Waals surface area contributed by atoms with Gasteiger partial charge in [-0.1, -0.05) is 78.6 Å². The molecule has 0 N–H and O–H groups in total. The summed E-state index contributed by atoms with van der Waals surface area (Å²) < 4.78 is 1.32. The van der Waals surface area contributed by atoms with Crippen LogP contribution >= 0.6 is 49.9 Å².